The minimum atomic E-state index is -0.548. The molecule has 4 aromatic rings. The highest BCUT2D eigenvalue weighted by Gasteiger charge is 2.18. The first kappa shape index (κ1) is 15.9. The number of hydrogen-bond donors (Lipinski definition) is 2. The highest BCUT2D eigenvalue weighted by molar-refractivity contribution is 5.89. The number of halogens is 2. The SMILES string of the molecule is Nc1[c]c(N)nc(-c2nn(Cc3ccccc3F)c3ncc(F)cc23)n1. The summed E-state index contributed by atoms with van der Waals surface area (Å²) in [7, 11) is 0. The third-order valence-corrected chi connectivity index (χ3v) is 3.75. The van der Waals surface area contributed by atoms with Crippen LogP contribution in [0.2, 0.25) is 0 Å². The number of nitrogens with zero attached hydrogens (tertiary/aromatic N) is 5. The van der Waals surface area contributed by atoms with Crippen LogP contribution < -0.4 is 11.5 Å². The van der Waals surface area contributed by atoms with Gasteiger partial charge in [0.05, 0.1) is 24.2 Å². The molecular weight excluding hydrogens is 340 g/mol. The molecule has 3 aromatic heterocycles. The molecule has 0 fully saturated rings. The van der Waals surface area contributed by atoms with E-state index in [1.165, 1.54) is 16.8 Å². The van der Waals surface area contributed by atoms with Crippen molar-refractivity contribution < 1.29 is 8.78 Å². The second-order valence-corrected chi connectivity index (χ2v) is 5.57. The highest BCUT2D eigenvalue weighted by atomic mass is 19.1. The zero-order valence-corrected chi connectivity index (χ0v) is 13.3. The fourth-order valence-electron chi connectivity index (χ4n) is 2.64. The number of nitrogens with two attached hydrogens (primary N) is 2. The molecule has 0 unspecified atom stereocenters. The van der Waals surface area contributed by atoms with E-state index in [0.717, 1.165) is 6.20 Å². The third kappa shape index (κ3) is 2.79. The molecule has 0 amide bonds. The van der Waals surface area contributed by atoms with Crippen molar-refractivity contribution in [3.8, 4) is 11.5 Å². The summed E-state index contributed by atoms with van der Waals surface area (Å²) in [6.45, 7) is 0.103. The van der Waals surface area contributed by atoms with Crippen LogP contribution in [0.3, 0.4) is 0 Å². The van der Waals surface area contributed by atoms with Crippen LogP contribution in [-0.4, -0.2) is 24.7 Å². The number of hydrogen-bond acceptors (Lipinski definition) is 6. The molecule has 0 aliphatic carbocycles. The topological polar surface area (TPSA) is 109 Å². The van der Waals surface area contributed by atoms with Gasteiger partial charge in [0, 0.05) is 5.56 Å². The van der Waals surface area contributed by atoms with Crippen LogP contribution in [0.4, 0.5) is 20.4 Å². The third-order valence-electron chi connectivity index (χ3n) is 3.75. The van der Waals surface area contributed by atoms with Crippen LogP contribution in [0.5, 0.6) is 0 Å². The van der Waals surface area contributed by atoms with E-state index < -0.39 is 5.82 Å². The maximum atomic E-state index is 14.0. The summed E-state index contributed by atoms with van der Waals surface area (Å²) in [6.07, 6.45) is 1.06. The van der Waals surface area contributed by atoms with Crippen LogP contribution in [0.25, 0.3) is 22.6 Å². The van der Waals surface area contributed by atoms with Gasteiger partial charge in [-0.25, -0.2) is 28.4 Å². The zero-order valence-electron chi connectivity index (χ0n) is 13.3. The average Bonchev–Trinajstić information content (AvgIpc) is 2.94. The van der Waals surface area contributed by atoms with Crippen molar-refractivity contribution in [3.63, 3.8) is 0 Å². The summed E-state index contributed by atoms with van der Waals surface area (Å²) in [5.41, 5.74) is 12.3. The number of anilines is 2. The van der Waals surface area contributed by atoms with Crippen molar-refractivity contribution in [2.45, 2.75) is 6.54 Å². The number of pyridine rings is 1. The standard InChI is InChI=1S/C17H12F2N7/c18-10-5-11-15(16-23-13(20)6-14(21)24-16)25-26(17(11)22-7-10)8-9-3-1-2-4-12(9)19/h1-5,7H,8H2,(H4,20,21,23,24). The monoisotopic (exact) mass is 352 g/mol. The Morgan fingerprint density at radius 3 is 2.54 bits per heavy atom. The fraction of sp³-hybridized carbons (Fsp3) is 0.0588. The van der Waals surface area contributed by atoms with Crippen LogP contribution >= 0.6 is 0 Å². The lowest BCUT2D eigenvalue weighted by molar-refractivity contribution is 0.588. The molecule has 4 rings (SSSR count). The van der Waals surface area contributed by atoms with Crippen LogP contribution in [0.15, 0.2) is 36.5 Å². The van der Waals surface area contributed by atoms with E-state index in [2.05, 4.69) is 26.1 Å². The largest absolute Gasteiger partial charge is 0.383 e. The van der Waals surface area contributed by atoms with E-state index in [9.17, 15) is 8.78 Å². The number of fused-ring (bicyclic) bond motifs is 1. The first-order valence-corrected chi connectivity index (χ1v) is 7.59. The van der Waals surface area contributed by atoms with Gasteiger partial charge in [0.25, 0.3) is 0 Å². The van der Waals surface area contributed by atoms with E-state index in [0.29, 0.717) is 16.6 Å². The summed E-state index contributed by atoms with van der Waals surface area (Å²) in [6, 6.07) is 10.1. The average molecular weight is 352 g/mol. The zero-order chi connectivity index (χ0) is 18.3. The molecule has 0 bridgehead atoms. The van der Waals surface area contributed by atoms with Crippen molar-refractivity contribution >= 4 is 22.7 Å². The molecule has 129 valence electrons. The van der Waals surface area contributed by atoms with E-state index in [-0.39, 0.29) is 35.5 Å². The Morgan fingerprint density at radius 1 is 1.08 bits per heavy atom. The van der Waals surface area contributed by atoms with Gasteiger partial charge >= 0.3 is 0 Å². The maximum Gasteiger partial charge on any atom is 0.184 e. The maximum absolute atomic E-state index is 14.0. The summed E-state index contributed by atoms with van der Waals surface area (Å²) in [5, 5.41) is 4.76. The minimum Gasteiger partial charge on any atom is -0.383 e. The van der Waals surface area contributed by atoms with Gasteiger partial charge in [-0.2, -0.15) is 5.10 Å². The summed E-state index contributed by atoms with van der Waals surface area (Å²) >= 11 is 0. The van der Waals surface area contributed by atoms with Crippen LogP contribution in [0.1, 0.15) is 5.56 Å². The molecule has 0 atom stereocenters. The molecule has 26 heavy (non-hydrogen) atoms. The van der Waals surface area contributed by atoms with E-state index >= 15 is 0 Å². The molecule has 9 heteroatoms. The van der Waals surface area contributed by atoms with Crippen molar-refractivity contribution in [1.29, 1.82) is 0 Å². The Morgan fingerprint density at radius 2 is 1.81 bits per heavy atom. The van der Waals surface area contributed by atoms with Gasteiger partial charge in [-0.3, -0.25) is 0 Å². The first-order valence-electron chi connectivity index (χ1n) is 7.59. The van der Waals surface area contributed by atoms with Crippen molar-refractivity contribution in [3.05, 3.63) is 59.8 Å². The van der Waals surface area contributed by atoms with Crippen molar-refractivity contribution in [2.75, 3.05) is 11.5 Å². The lowest BCUT2D eigenvalue weighted by atomic mass is 10.2. The van der Waals surface area contributed by atoms with Gasteiger partial charge < -0.3 is 11.5 Å². The molecule has 0 spiro atoms. The van der Waals surface area contributed by atoms with Crippen LogP contribution in [0, 0.1) is 17.7 Å². The van der Waals surface area contributed by atoms with E-state index in [1.54, 1.807) is 18.2 Å². The Kier molecular flexibility index (Phi) is 3.68. The molecule has 4 N–H and O–H groups in total. The lowest BCUT2D eigenvalue weighted by Crippen LogP contribution is -2.05. The normalized spacial score (nSPS) is 11.2. The molecule has 0 saturated carbocycles. The molecular formula is C17H12F2N7. The number of aromatic nitrogens is 5. The van der Waals surface area contributed by atoms with E-state index in [1.807, 2.05) is 0 Å². The quantitative estimate of drug-likeness (QED) is 0.585. The van der Waals surface area contributed by atoms with Gasteiger partial charge in [0.1, 0.15) is 29.0 Å². The number of rotatable bonds is 3. The lowest BCUT2D eigenvalue weighted by Gasteiger charge is -2.04. The molecule has 1 aromatic carbocycles. The Labute approximate surface area is 146 Å². The highest BCUT2D eigenvalue weighted by Crippen LogP contribution is 2.27. The summed E-state index contributed by atoms with van der Waals surface area (Å²) in [4.78, 5) is 12.2. The van der Waals surface area contributed by atoms with Gasteiger partial charge in [0.15, 0.2) is 11.5 Å². The minimum absolute atomic E-state index is 0.0358. The molecule has 3 heterocycles. The first-order chi connectivity index (χ1) is 12.5. The second-order valence-electron chi connectivity index (χ2n) is 5.57. The molecule has 1 radical (unpaired) electrons. The summed E-state index contributed by atoms with van der Waals surface area (Å²) < 4.78 is 29.2. The summed E-state index contributed by atoms with van der Waals surface area (Å²) in [5.74, 6) is -0.739. The molecule has 0 saturated heterocycles. The van der Waals surface area contributed by atoms with Gasteiger partial charge in [0.2, 0.25) is 0 Å². The number of nitrogen functional groups attached to an aromatic ring is 2. The Hall–Kier alpha value is -3.62. The van der Waals surface area contributed by atoms with Crippen molar-refractivity contribution in [1.82, 2.24) is 24.7 Å². The van der Waals surface area contributed by atoms with Crippen molar-refractivity contribution in [2.24, 2.45) is 0 Å². The Balaban J connectivity index is 1.91. The van der Waals surface area contributed by atoms with Gasteiger partial charge in [-0.1, -0.05) is 18.2 Å². The second kappa shape index (κ2) is 6.03. The molecule has 0 aliphatic rings. The van der Waals surface area contributed by atoms with Crippen LogP contribution in [-0.2, 0) is 6.54 Å². The number of benzene rings is 1. The fourth-order valence-corrected chi connectivity index (χ4v) is 2.64. The smallest absolute Gasteiger partial charge is 0.184 e. The van der Waals surface area contributed by atoms with Gasteiger partial charge in [-0.05, 0) is 12.1 Å². The van der Waals surface area contributed by atoms with E-state index in [4.69, 9.17) is 11.5 Å². The predicted octanol–water partition coefficient (Wildman–Crippen LogP) is 2.18. The predicted molar refractivity (Wildman–Crippen MR) is 91.7 cm³/mol. The molecule has 0 aliphatic heterocycles. The Bertz CT molecular complexity index is 1100. The van der Waals surface area contributed by atoms with Gasteiger partial charge in [-0.15, -0.1) is 0 Å². The molecule has 7 nitrogen and oxygen atoms in total.